The van der Waals surface area contributed by atoms with Crippen molar-refractivity contribution in [2.75, 3.05) is 7.11 Å². The molecular formula is C16H13N3O3S. The number of aromatic nitrogens is 3. The van der Waals surface area contributed by atoms with Crippen LogP contribution < -0.4 is 4.74 Å². The highest BCUT2D eigenvalue weighted by atomic mass is 32.2. The number of thioether (sulfide) groups is 1. The molecule has 0 saturated heterocycles. The Morgan fingerprint density at radius 1 is 1.30 bits per heavy atom. The Morgan fingerprint density at radius 2 is 2.13 bits per heavy atom. The molecule has 3 aromatic rings. The Hall–Kier alpha value is -2.54. The van der Waals surface area contributed by atoms with E-state index in [1.807, 2.05) is 36.4 Å². The Balaban J connectivity index is 1.66. The van der Waals surface area contributed by atoms with E-state index in [4.69, 9.17) is 9.15 Å². The molecule has 0 aliphatic carbocycles. The number of rotatable bonds is 3. The number of fused-ring (bicyclic) bond motifs is 1. The molecular weight excluding hydrogens is 314 g/mol. The molecule has 0 radical (unpaired) electrons. The van der Waals surface area contributed by atoms with Crippen LogP contribution in [-0.2, 0) is 0 Å². The zero-order valence-electron chi connectivity index (χ0n) is 12.3. The van der Waals surface area contributed by atoms with E-state index in [9.17, 15) is 4.79 Å². The maximum atomic E-state index is 12.3. The van der Waals surface area contributed by atoms with Crippen LogP contribution in [-0.4, -0.2) is 27.8 Å². The fourth-order valence-corrected chi connectivity index (χ4v) is 3.56. The third-order valence-electron chi connectivity index (χ3n) is 3.63. The van der Waals surface area contributed by atoms with Gasteiger partial charge >= 0.3 is 0 Å². The third kappa shape index (κ3) is 2.53. The van der Waals surface area contributed by atoms with Crippen molar-refractivity contribution in [2.24, 2.45) is 0 Å². The maximum Gasteiger partial charge on any atom is 0.250 e. The maximum absolute atomic E-state index is 12.3. The highest BCUT2D eigenvalue weighted by molar-refractivity contribution is 7.99. The summed E-state index contributed by atoms with van der Waals surface area (Å²) in [5.74, 6) is 2.00. The molecule has 0 unspecified atom stereocenters. The minimum atomic E-state index is -0.0765. The molecule has 1 aliphatic rings. The van der Waals surface area contributed by atoms with Crippen LogP contribution in [0.1, 0.15) is 22.2 Å². The molecule has 6 nitrogen and oxygen atoms in total. The molecule has 2 aromatic heterocycles. The van der Waals surface area contributed by atoms with Gasteiger partial charge in [0.15, 0.2) is 11.0 Å². The van der Waals surface area contributed by atoms with Gasteiger partial charge in [0.2, 0.25) is 0 Å². The summed E-state index contributed by atoms with van der Waals surface area (Å²) < 4.78 is 11.9. The smallest absolute Gasteiger partial charge is 0.250 e. The van der Waals surface area contributed by atoms with Gasteiger partial charge in [-0.1, -0.05) is 11.8 Å². The Labute approximate surface area is 136 Å². The molecule has 0 spiro atoms. The molecule has 1 aliphatic heterocycles. The predicted octanol–water partition coefficient (Wildman–Crippen LogP) is 3.42. The summed E-state index contributed by atoms with van der Waals surface area (Å²) >= 11 is 1.49. The average Bonchev–Trinajstić information content (AvgIpc) is 3.24. The van der Waals surface area contributed by atoms with Crippen LogP contribution in [0.2, 0.25) is 0 Å². The highest BCUT2D eigenvalue weighted by Gasteiger charge is 2.31. The number of carbonyl (C=O) groups is 1. The lowest BCUT2D eigenvalue weighted by Gasteiger charge is -2.17. The van der Waals surface area contributed by atoms with Gasteiger partial charge in [-0.3, -0.25) is 4.79 Å². The normalized spacial score (nSPS) is 17.1. The molecule has 0 amide bonds. The van der Waals surface area contributed by atoms with Crippen LogP contribution >= 0.6 is 11.8 Å². The van der Waals surface area contributed by atoms with Crippen molar-refractivity contribution in [3.8, 4) is 17.1 Å². The van der Waals surface area contributed by atoms with E-state index < -0.39 is 0 Å². The van der Waals surface area contributed by atoms with E-state index in [1.54, 1.807) is 13.4 Å². The van der Waals surface area contributed by atoms with E-state index in [1.165, 1.54) is 16.4 Å². The topological polar surface area (TPSA) is 70.2 Å². The summed E-state index contributed by atoms with van der Waals surface area (Å²) in [7, 11) is 1.62. The monoisotopic (exact) mass is 327 g/mol. The van der Waals surface area contributed by atoms with E-state index in [2.05, 4.69) is 10.1 Å². The largest absolute Gasteiger partial charge is 0.497 e. The van der Waals surface area contributed by atoms with Gasteiger partial charge in [-0.25, -0.2) is 4.98 Å². The lowest BCUT2D eigenvalue weighted by Crippen LogP contribution is -2.20. The van der Waals surface area contributed by atoms with Gasteiger partial charge in [0.05, 0.1) is 18.6 Å². The standard InChI is InChI=1S/C16H13N3O3S/c1-21-11-6-4-10(5-7-11)15-17-16-19(18-15)14(20)9-13(23-16)12-3-2-8-22-12/h2-8,13H,9H2,1H3/t13-/m0/s1. The predicted molar refractivity (Wildman–Crippen MR) is 84.6 cm³/mol. The number of furan rings is 1. The van der Waals surface area contributed by atoms with Crippen LogP contribution in [0.3, 0.4) is 0 Å². The first-order chi connectivity index (χ1) is 11.2. The zero-order valence-corrected chi connectivity index (χ0v) is 13.1. The first-order valence-electron chi connectivity index (χ1n) is 7.09. The van der Waals surface area contributed by atoms with Crippen molar-refractivity contribution in [1.29, 1.82) is 0 Å². The van der Waals surface area contributed by atoms with Crippen molar-refractivity contribution in [2.45, 2.75) is 16.8 Å². The van der Waals surface area contributed by atoms with Crippen molar-refractivity contribution in [3.05, 3.63) is 48.4 Å². The quantitative estimate of drug-likeness (QED) is 0.734. The van der Waals surface area contributed by atoms with Crippen LogP contribution in [0.25, 0.3) is 11.4 Å². The Morgan fingerprint density at radius 3 is 2.83 bits per heavy atom. The minimum Gasteiger partial charge on any atom is -0.497 e. The molecule has 23 heavy (non-hydrogen) atoms. The van der Waals surface area contributed by atoms with Gasteiger partial charge < -0.3 is 9.15 Å². The average molecular weight is 327 g/mol. The van der Waals surface area contributed by atoms with Gasteiger partial charge in [0, 0.05) is 12.0 Å². The third-order valence-corrected chi connectivity index (χ3v) is 4.79. The Bertz CT molecular complexity index is 840. The number of methoxy groups -OCH3 is 1. The van der Waals surface area contributed by atoms with Gasteiger partial charge in [-0.2, -0.15) is 4.68 Å². The summed E-state index contributed by atoms with van der Waals surface area (Å²) in [6.45, 7) is 0. The molecule has 4 rings (SSSR count). The van der Waals surface area contributed by atoms with Crippen LogP contribution in [0, 0.1) is 0 Å². The minimum absolute atomic E-state index is 0.0575. The van der Waals surface area contributed by atoms with Gasteiger partial charge in [-0.05, 0) is 36.4 Å². The van der Waals surface area contributed by atoms with Crippen molar-refractivity contribution >= 4 is 17.7 Å². The van der Waals surface area contributed by atoms with Crippen molar-refractivity contribution in [1.82, 2.24) is 14.8 Å². The zero-order chi connectivity index (χ0) is 15.8. The molecule has 7 heteroatoms. The Kier molecular flexibility index (Phi) is 3.42. The number of hydrogen-bond donors (Lipinski definition) is 0. The highest BCUT2D eigenvalue weighted by Crippen LogP contribution is 2.41. The fourth-order valence-electron chi connectivity index (χ4n) is 2.45. The SMILES string of the molecule is COc1ccc(-c2nc3n(n2)C(=O)C[C@@H](c2ccco2)S3)cc1. The number of nitrogens with zero attached hydrogens (tertiary/aromatic N) is 3. The summed E-state index contributed by atoms with van der Waals surface area (Å²) in [4.78, 5) is 16.8. The van der Waals surface area contributed by atoms with Crippen molar-refractivity contribution in [3.63, 3.8) is 0 Å². The molecule has 1 atom stereocenters. The van der Waals surface area contributed by atoms with Gasteiger partial charge in [0.1, 0.15) is 11.5 Å². The lowest BCUT2D eigenvalue weighted by molar-refractivity contribution is 0.0865. The summed E-state index contributed by atoms with van der Waals surface area (Å²) in [6, 6.07) is 11.1. The molecule has 0 N–H and O–H groups in total. The summed E-state index contributed by atoms with van der Waals surface area (Å²) in [5.41, 5.74) is 0.843. The van der Waals surface area contributed by atoms with Crippen molar-refractivity contribution < 1.29 is 13.9 Å². The molecule has 0 saturated carbocycles. The van der Waals surface area contributed by atoms with E-state index in [0.717, 1.165) is 17.1 Å². The van der Waals surface area contributed by atoms with E-state index in [-0.39, 0.29) is 11.2 Å². The molecule has 0 bridgehead atoms. The van der Waals surface area contributed by atoms with E-state index >= 15 is 0 Å². The second kappa shape index (κ2) is 5.58. The second-order valence-corrected chi connectivity index (χ2v) is 6.25. The number of hydrogen-bond acceptors (Lipinski definition) is 6. The molecule has 3 heterocycles. The fraction of sp³-hybridized carbons (Fsp3) is 0.188. The lowest BCUT2D eigenvalue weighted by atomic mass is 10.2. The second-order valence-electron chi connectivity index (χ2n) is 5.08. The van der Waals surface area contributed by atoms with Crippen LogP contribution in [0.15, 0.2) is 52.2 Å². The van der Waals surface area contributed by atoms with Gasteiger partial charge in [0.25, 0.3) is 5.91 Å². The first-order valence-corrected chi connectivity index (χ1v) is 7.97. The molecule has 1 aromatic carbocycles. The number of ether oxygens (including phenoxy) is 1. The molecule has 116 valence electrons. The summed E-state index contributed by atoms with van der Waals surface area (Å²) in [5, 5.41) is 4.87. The van der Waals surface area contributed by atoms with Crippen LogP contribution in [0.5, 0.6) is 5.75 Å². The van der Waals surface area contributed by atoms with Crippen LogP contribution in [0.4, 0.5) is 0 Å². The first kappa shape index (κ1) is 14.1. The molecule has 0 fully saturated rings. The number of benzene rings is 1. The van der Waals surface area contributed by atoms with E-state index in [0.29, 0.717) is 17.4 Å². The number of carbonyl (C=O) groups excluding carboxylic acids is 1. The van der Waals surface area contributed by atoms with Gasteiger partial charge in [-0.15, -0.1) is 5.10 Å². The summed E-state index contributed by atoms with van der Waals surface area (Å²) in [6.07, 6.45) is 1.96.